The summed E-state index contributed by atoms with van der Waals surface area (Å²) < 4.78 is 27.6. The minimum Gasteiger partial charge on any atom is -0.375 e. The molecule has 0 unspecified atom stereocenters. The molecule has 0 atom stereocenters. The van der Waals surface area contributed by atoms with Crippen molar-refractivity contribution in [3.63, 3.8) is 0 Å². The van der Waals surface area contributed by atoms with Crippen LogP contribution in [0.25, 0.3) is 0 Å². The Kier molecular flexibility index (Phi) is 7.10. The molecule has 0 aromatic rings. The van der Waals surface area contributed by atoms with Crippen LogP contribution < -0.4 is 5.32 Å². The third-order valence-corrected chi connectivity index (χ3v) is 1.16. The standard InChI is InChI=1S/C8H13F2NO2/c1-2-4-11-8(12)3-5-13-6-7(9)10/h2,7H,1,3-6H2,(H,11,12). The summed E-state index contributed by atoms with van der Waals surface area (Å²) in [5, 5.41) is 2.50. The van der Waals surface area contributed by atoms with E-state index in [1.807, 2.05) is 0 Å². The van der Waals surface area contributed by atoms with Gasteiger partial charge in [-0.3, -0.25) is 4.79 Å². The molecule has 0 heterocycles. The lowest BCUT2D eigenvalue weighted by atomic mass is 10.4. The number of hydrogen-bond acceptors (Lipinski definition) is 2. The first-order valence-corrected chi connectivity index (χ1v) is 3.90. The minimum absolute atomic E-state index is 0.0211. The Morgan fingerprint density at radius 3 is 2.85 bits per heavy atom. The van der Waals surface area contributed by atoms with Gasteiger partial charge in [0.15, 0.2) is 0 Å². The van der Waals surface area contributed by atoms with Gasteiger partial charge in [0.2, 0.25) is 5.91 Å². The Hall–Kier alpha value is -0.970. The SMILES string of the molecule is C=CCNC(=O)CCOCC(F)F. The number of amides is 1. The first kappa shape index (κ1) is 12.0. The van der Waals surface area contributed by atoms with Crippen molar-refractivity contribution >= 4 is 5.91 Å². The van der Waals surface area contributed by atoms with E-state index in [9.17, 15) is 13.6 Å². The number of hydrogen-bond donors (Lipinski definition) is 1. The van der Waals surface area contributed by atoms with E-state index >= 15 is 0 Å². The molecule has 1 N–H and O–H groups in total. The molecular formula is C8H13F2NO2. The summed E-state index contributed by atoms with van der Waals surface area (Å²) in [5.74, 6) is -0.228. The second-order valence-corrected chi connectivity index (χ2v) is 2.31. The highest BCUT2D eigenvalue weighted by Crippen LogP contribution is 1.93. The van der Waals surface area contributed by atoms with Gasteiger partial charge < -0.3 is 10.1 Å². The second-order valence-electron chi connectivity index (χ2n) is 2.31. The van der Waals surface area contributed by atoms with E-state index in [-0.39, 0.29) is 18.9 Å². The van der Waals surface area contributed by atoms with Gasteiger partial charge in [0.25, 0.3) is 6.43 Å². The zero-order valence-corrected chi connectivity index (χ0v) is 7.26. The van der Waals surface area contributed by atoms with E-state index in [0.29, 0.717) is 6.54 Å². The maximum absolute atomic E-state index is 11.5. The molecule has 0 aromatic carbocycles. The number of rotatable bonds is 7. The van der Waals surface area contributed by atoms with Gasteiger partial charge in [0.1, 0.15) is 6.61 Å². The number of ether oxygens (including phenoxy) is 1. The Labute approximate surface area is 75.8 Å². The predicted octanol–water partition coefficient (Wildman–Crippen LogP) is 0.960. The monoisotopic (exact) mass is 193 g/mol. The lowest BCUT2D eigenvalue weighted by molar-refractivity contribution is -0.122. The van der Waals surface area contributed by atoms with E-state index in [2.05, 4.69) is 16.6 Å². The van der Waals surface area contributed by atoms with E-state index in [1.54, 1.807) is 0 Å². The largest absolute Gasteiger partial charge is 0.375 e. The van der Waals surface area contributed by atoms with Crippen LogP contribution in [0.15, 0.2) is 12.7 Å². The molecule has 5 heteroatoms. The smallest absolute Gasteiger partial charge is 0.261 e. The Morgan fingerprint density at radius 1 is 1.62 bits per heavy atom. The third kappa shape index (κ3) is 8.94. The highest BCUT2D eigenvalue weighted by molar-refractivity contribution is 5.76. The fraction of sp³-hybridized carbons (Fsp3) is 0.625. The van der Waals surface area contributed by atoms with Gasteiger partial charge in [-0.1, -0.05) is 6.08 Å². The van der Waals surface area contributed by atoms with Crippen LogP contribution in [0.2, 0.25) is 0 Å². The molecule has 0 aliphatic heterocycles. The number of nitrogens with one attached hydrogen (secondary N) is 1. The number of alkyl halides is 2. The first-order valence-electron chi connectivity index (χ1n) is 3.90. The maximum atomic E-state index is 11.5. The summed E-state index contributed by atoms with van der Waals surface area (Å²) in [6, 6.07) is 0. The summed E-state index contributed by atoms with van der Waals surface area (Å²) in [6.45, 7) is 3.19. The number of carbonyl (C=O) groups excluding carboxylic acids is 1. The van der Waals surface area contributed by atoms with Crippen molar-refractivity contribution in [2.75, 3.05) is 19.8 Å². The molecular weight excluding hydrogens is 180 g/mol. The molecule has 13 heavy (non-hydrogen) atoms. The van der Waals surface area contributed by atoms with Gasteiger partial charge in [-0.05, 0) is 0 Å². The summed E-state index contributed by atoms with van der Waals surface area (Å²) in [7, 11) is 0. The van der Waals surface area contributed by atoms with Gasteiger partial charge in [-0.2, -0.15) is 0 Å². The summed E-state index contributed by atoms with van der Waals surface area (Å²) in [5.41, 5.74) is 0. The lowest BCUT2D eigenvalue weighted by Gasteiger charge is -2.03. The Balaban J connectivity index is 3.21. The zero-order chi connectivity index (χ0) is 10.1. The Morgan fingerprint density at radius 2 is 2.31 bits per heavy atom. The van der Waals surface area contributed by atoms with Crippen LogP contribution in [-0.4, -0.2) is 32.1 Å². The maximum Gasteiger partial charge on any atom is 0.261 e. The summed E-state index contributed by atoms with van der Waals surface area (Å²) in [6.07, 6.45) is -0.838. The zero-order valence-electron chi connectivity index (χ0n) is 7.26. The summed E-state index contributed by atoms with van der Waals surface area (Å²) >= 11 is 0. The number of halogens is 2. The van der Waals surface area contributed by atoms with E-state index in [0.717, 1.165) is 0 Å². The highest BCUT2D eigenvalue weighted by Gasteiger charge is 2.03. The third-order valence-electron chi connectivity index (χ3n) is 1.16. The minimum atomic E-state index is -2.48. The quantitative estimate of drug-likeness (QED) is 0.483. The van der Waals surface area contributed by atoms with Gasteiger partial charge in [0.05, 0.1) is 6.61 Å². The first-order chi connectivity index (χ1) is 6.16. The Bertz CT molecular complexity index is 162. The predicted molar refractivity (Wildman–Crippen MR) is 44.6 cm³/mol. The normalized spacial score (nSPS) is 10.1. The van der Waals surface area contributed by atoms with Crippen LogP contribution in [0.3, 0.4) is 0 Å². The van der Waals surface area contributed by atoms with E-state index < -0.39 is 13.0 Å². The van der Waals surface area contributed by atoms with E-state index in [4.69, 9.17) is 0 Å². The van der Waals surface area contributed by atoms with Crippen LogP contribution in [0.1, 0.15) is 6.42 Å². The second kappa shape index (κ2) is 7.67. The fourth-order valence-corrected chi connectivity index (χ4v) is 0.612. The average Bonchev–Trinajstić information content (AvgIpc) is 2.08. The van der Waals surface area contributed by atoms with Gasteiger partial charge in [0, 0.05) is 13.0 Å². The van der Waals surface area contributed by atoms with Crippen molar-refractivity contribution in [3.05, 3.63) is 12.7 Å². The van der Waals surface area contributed by atoms with Crippen LogP contribution in [0.5, 0.6) is 0 Å². The molecule has 0 aliphatic carbocycles. The van der Waals surface area contributed by atoms with E-state index in [1.165, 1.54) is 6.08 Å². The molecule has 0 rings (SSSR count). The van der Waals surface area contributed by atoms with Crippen LogP contribution in [0.4, 0.5) is 8.78 Å². The molecule has 0 bridgehead atoms. The molecule has 0 spiro atoms. The average molecular weight is 193 g/mol. The topological polar surface area (TPSA) is 38.3 Å². The molecule has 0 radical (unpaired) electrons. The van der Waals surface area contributed by atoms with Crippen molar-refractivity contribution in [2.24, 2.45) is 0 Å². The summed E-state index contributed by atoms with van der Waals surface area (Å²) in [4.78, 5) is 10.8. The molecule has 0 aliphatic rings. The lowest BCUT2D eigenvalue weighted by Crippen LogP contribution is -2.24. The van der Waals surface area contributed by atoms with Crippen LogP contribution in [0, 0.1) is 0 Å². The van der Waals surface area contributed by atoms with Crippen molar-refractivity contribution in [3.8, 4) is 0 Å². The molecule has 3 nitrogen and oxygen atoms in total. The van der Waals surface area contributed by atoms with Gasteiger partial charge in [-0.15, -0.1) is 6.58 Å². The fourth-order valence-electron chi connectivity index (χ4n) is 0.612. The van der Waals surface area contributed by atoms with Gasteiger partial charge in [-0.25, -0.2) is 8.78 Å². The molecule has 0 aromatic heterocycles. The van der Waals surface area contributed by atoms with Crippen molar-refractivity contribution in [1.82, 2.24) is 5.32 Å². The highest BCUT2D eigenvalue weighted by atomic mass is 19.3. The molecule has 76 valence electrons. The van der Waals surface area contributed by atoms with Crippen molar-refractivity contribution < 1.29 is 18.3 Å². The van der Waals surface area contributed by atoms with Crippen LogP contribution in [-0.2, 0) is 9.53 Å². The van der Waals surface area contributed by atoms with Gasteiger partial charge >= 0.3 is 0 Å². The molecule has 0 saturated heterocycles. The van der Waals surface area contributed by atoms with Crippen LogP contribution >= 0.6 is 0 Å². The van der Waals surface area contributed by atoms with Crippen molar-refractivity contribution in [1.29, 1.82) is 0 Å². The van der Waals surface area contributed by atoms with Crippen molar-refractivity contribution in [2.45, 2.75) is 12.8 Å². The molecule has 0 saturated carbocycles. The number of carbonyl (C=O) groups is 1. The molecule has 0 fully saturated rings. The molecule has 1 amide bonds.